The van der Waals surface area contributed by atoms with Crippen LogP contribution in [0, 0.1) is 0 Å². The van der Waals surface area contributed by atoms with E-state index in [1.54, 1.807) is 6.07 Å². The molecule has 0 bridgehead atoms. The van der Waals surface area contributed by atoms with Gasteiger partial charge in [0.25, 0.3) is 0 Å². The van der Waals surface area contributed by atoms with Crippen LogP contribution in [-0.4, -0.2) is 52.0 Å². The number of carbonyl (C=O) groups excluding carboxylic acids is 2. The van der Waals surface area contributed by atoms with Crippen LogP contribution >= 0.6 is 35.0 Å². The molecule has 0 saturated heterocycles. The molecule has 9 heteroatoms. The Morgan fingerprint density at radius 3 is 2.66 bits per heavy atom. The molecule has 35 heavy (non-hydrogen) atoms. The molecule has 2 aliphatic rings. The second kappa shape index (κ2) is 10.3. The van der Waals surface area contributed by atoms with E-state index < -0.39 is 10.1 Å². The summed E-state index contributed by atoms with van der Waals surface area (Å²) < 4.78 is -0.436. The van der Waals surface area contributed by atoms with Gasteiger partial charge in [-0.3, -0.25) is 14.6 Å². The molecule has 1 amide bonds. The summed E-state index contributed by atoms with van der Waals surface area (Å²) in [7, 11) is 0. The lowest BCUT2D eigenvalue weighted by Gasteiger charge is -2.38. The van der Waals surface area contributed by atoms with E-state index in [1.165, 1.54) is 29.3 Å². The monoisotopic (exact) mass is 530 g/mol. The van der Waals surface area contributed by atoms with E-state index in [1.807, 2.05) is 39.0 Å². The van der Waals surface area contributed by atoms with Crippen molar-refractivity contribution in [3.05, 3.63) is 63.1 Å². The van der Waals surface area contributed by atoms with Crippen LogP contribution < -0.4 is 4.90 Å². The second-order valence-corrected chi connectivity index (χ2v) is 11.5. The van der Waals surface area contributed by atoms with E-state index in [-0.39, 0.29) is 5.91 Å². The molecule has 0 radical (unpaired) electrons. The number of thioether (sulfide) groups is 1. The lowest BCUT2D eigenvalue weighted by molar-refractivity contribution is -0.132. The highest BCUT2D eigenvalue weighted by atomic mass is 35.5. The summed E-state index contributed by atoms with van der Waals surface area (Å²) in [5.74, 6) is 0.607. The van der Waals surface area contributed by atoms with Crippen LogP contribution in [0.2, 0.25) is 10.0 Å². The van der Waals surface area contributed by atoms with Gasteiger partial charge in [-0.25, -0.2) is 5.01 Å². The van der Waals surface area contributed by atoms with Crippen molar-refractivity contribution in [1.82, 2.24) is 5.01 Å². The molecule has 184 valence electrons. The first-order valence-electron chi connectivity index (χ1n) is 11.6. The van der Waals surface area contributed by atoms with Gasteiger partial charge in [0, 0.05) is 31.3 Å². The summed E-state index contributed by atoms with van der Waals surface area (Å²) in [4.78, 5) is 30.8. The number of amidine groups is 1. The number of hydrogen-bond acceptors (Lipinski definition) is 5. The van der Waals surface area contributed by atoms with Crippen LogP contribution in [0.1, 0.15) is 50.8 Å². The number of amides is 1. The molecular weight excluding hydrogens is 503 g/mol. The van der Waals surface area contributed by atoms with Crippen molar-refractivity contribution in [2.45, 2.75) is 50.7 Å². The minimum Gasteiger partial charge on any atom is -0.326 e. The number of aryl methyl sites for hydroxylation is 1. The maximum atomic E-state index is 12.2. The molecule has 2 aliphatic heterocycles. The first-order valence-corrected chi connectivity index (χ1v) is 13.2. The topological polar surface area (TPSA) is 65.3 Å². The Morgan fingerprint density at radius 2 is 2.00 bits per heavy atom. The summed E-state index contributed by atoms with van der Waals surface area (Å²) in [6.45, 7) is 8.99. The van der Waals surface area contributed by atoms with Crippen molar-refractivity contribution in [1.29, 1.82) is 0 Å². The first-order chi connectivity index (χ1) is 16.7. The van der Waals surface area contributed by atoms with E-state index in [0.29, 0.717) is 16.6 Å². The maximum absolute atomic E-state index is 12.2. The van der Waals surface area contributed by atoms with Crippen molar-refractivity contribution in [2.24, 2.45) is 10.1 Å². The molecule has 0 fully saturated rings. The molecular formula is C26H28Cl2N4O2S. The van der Waals surface area contributed by atoms with E-state index >= 15 is 0 Å². The second-order valence-electron chi connectivity index (χ2n) is 8.99. The fourth-order valence-corrected chi connectivity index (χ4v) is 6.04. The van der Waals surface area contributed by atoms with Crippen LogP contribution in [0.15, 0.2) is 46.5 Å². The van der Waals surface area contributed by atoms with Gasteiger partial charge in [0.05, 0.1) is 20.5 Å². The van der Waals surface area contributed by atoms with E-state index in [4.69, 9.17) is 28.2 Å². The molecule has 0 saturated carbocycles. The van der Waals surface area contributed by atoms with Crippen molar-refractivity contribution in [3.63, 3.8) is 0 Å². The Balaban J connectivity index is 1.76. The summed E-state index contributed by atoms with van der Waals surface area (Å²) in [5.41, 5.74) is 4.93. The predicted octanol–water partition coefficient (Wildman–Crippen LogP) is 5.82. The number of rotatable bonds is 4. The number of benzene rings is 2. The van der Waals surface area contributed by atoms with Gasteiger partial charge in [-0.2, -0.15) is 5.10 Å². The van der Waals surface area contributed by atoms with Crippen LogP contribution in [0.5, 0.6) is 0 Å². The third kappa shape index (κ3) is 5.13. The zero-order valence-electron chi connectivity index (χ0n) is 20.2. The number of aliphatic imine (C=N–C) groups is 1. The van der Waals surface area contributed by atoms with Crippen LogP contribution in [-0.2, 0) is 16.0 Å². The first kappa shape index (κ1) is 25.7. The number of carbonyl (C=O) groups is 2. The Kier molecular flexibility index (Phi) is 7.60. The Labute approximate surface area is 220 Å². The van der Waals surface area contributed by atoms with E-state index in [9.17, 15) is 9.59 Å². The summed E-state index contributed by atoms with van der Waals surface area (Å²) in [6, 6.07) is 11.9. The number of hydrogen-bond donors (Lipinski definition) is 0. The van der Waals surface area contributed by atoms with Crippen LogP contribution in [0.4, 0.5) is 5.69 Å². The van der Waals surface area contributed by atoms with Gasteiger partial charge in [0.2, 0.25) is 5.91 Å². The van der Waals surface area contributed by atoms with Crippen LogP contribution in [0.3, 0.4) is 0 Å². The van der Waals surface area contributed by atoms with Gasteiger partial charge in [-0.05, 0) is 75.1 Å². The quantitative estimate of drug-likeness (QED) is 0.284. The number of fused-ring (bicyclic) bond motifs is 1. The molecule has 2 aromatic rings. The zero-order chi connectivity index (χ0) is 25.3. The molecule has 0 spiro atoms. The molecule has 1 atom stereocenters. The number of anilines is 1. The van der Waals surface area contributed by atoms with Crippen molar-refractivity contribution >= 4 is 64.4 Å². The molecule has 0 aromatic heterocycles. The van der Waals surface area contributed by atoms with Gasteiger partial charge in [0.1, 0.15) is 5.84 Å². The maximum Gasteiger partial charge on any atom is 0.241 e. The van der Waals surface area contributed by atoms with Crippen LogP contribution in [0.25, 0.3) is 0 Å². The fourth-order valence-electron chi connectivity index (χ4n) is 4.51. The standard InChI is InChI=1S/C26H28Cl2N4O2S/c1-5-29-25(19-8-10-20(27)21(28)14-19)31-12-6-7-17-13-18(9-11-22(17)31)24-26(3,4)35-23(15-33)32(30-24)16(2)34/h8-11,13-15,23H,5-7,12H2,1-4H3. The Bertz CT molecular complexity index is 1230. The molecule has 1 unspecified atom stereocenters. The predicted molar refractivity (Wildman–Crippen MR) is 146 cm³/mol. The number of aldehydes is 1. The Hall–Kier alpha value is -2.35. The largest absolute Gasteiger partial charge is 0.326 e. The summed E-state index contributed by atoms with van der Waals surface area (Å²) >= 11 is 13.9. The SMILES string of the molecule is CCN=C(c1ccc(Cl)c(Cl)c1)N1CCCc2cc(C3=NN(C(C)=O)C(C=O)SC3(C)C)ccc21. The fraction of sp³-hybridized carbons (Fsp3) is 0.385. The van der Waals surface area contributed by atoms with Crippen molar-refractivity contribution < 1.29 is 9.59 Å². The van der Waals surface area contributed by atoms with E-state index in [0.717, 1.165) is 54.0 Å². The molecule has 4 rings (SSSR count). The molecule has 2 aromatic carbocycles. The molecule has 0 aliphatic carbocycles. The highest BCUT2D eigenvalue weighted by molar-refractivity contribution is 8.02. The summed E-state index contributed by atoms with van der Waals surface area (Å²) in [5, 5.41) is 6.30. The molecule has 0 N–H and O–H groups in total. The smallest absolute Gasteiger partial charge is 0.241 e. The highest BCUT2D eigenvalue weighted by Crippen LogP contribution is 2.39. The van der Waals surface area contributed by atoms with Gasteiger partial charge >= 0.3 is 0 Å². The van der Waals surface area contributed by atoms with Gasteiger partial charge < -0.3 is 4.90 Å². The van der Waals surface area contributed by atoms with Crippen molar-refractivity contribution in [2.75, 3.05) is 18.0 Å². The number of hydrazone groups is 1. The normalized spacial score (nSPS) is 19.8. The third-order valence-corrected chi connectivity index (χ3v) is 8.16. The van der Waals surface area contributed by atoms with Gasteiger partial charge in [-0.15, -0.1) is 11.8 Å². The lowest BCUT2D eigenvalue weighted by Crippen LogP contribution is -2.46. The minimum absolute atomic E-state index is 0.256. The van der Waals surface area contributed by atoms with E-state index in [2.05, 4.69) is 22.1 Å². The summed E-state index contributed by atoms with van der Waals surface area (Å²) in [6.07, 6.45) is 2.67. The van der Waals surface area contributed by atoms with Gasteiger partial charge in [-0.1, -0.05) is 29.3 Å². The average molecular weight is 532 g/mol. The highest BCUT2D eigenvalue weighted by Gasteiger charge is 2.39. The lowest BCUT2D eigenvalue weighted by atomic mass is 9.93. The molecule has 2 heterocycles. The van der Waals surface area contributed by atoms with Crippen molar-refractivity contribution in [3.8, 4) is 0 Å². The van der Waals surface area contributed by atoms with Gasteiger partial charge in [0.15, 0.2) is 11.7 Å². The minimum atomic E-state index is -0.626. The zero-order valence-corrected chi connectivity index (χ0v) is 22.5. The number of halogens is 2. The molecule has 6 nitrogen and oxygen atoms in total. The average Bonchev–Trinajstić information content (AvgIpc) is 2.82. The number of nitrogens with zero attached hydrogens (tertiary/aromatic N) is 4. The Morgan fingerprint density at radius 1 is 1.23 bits per heavy atom. The third-order valence-electron chi connectivity index (χ3n) is 6.09.